The van der Waals surface area contributed by atoms with Crippen LogP contribution in [0.25, 0.3) is 0 Å². The zero-order valence-corrected chi connectivity index (χ0v) is 14.0. The van der Waals surface area contributed by atoms with Crippen molar-refractivity contribution >= 4 is 17.4 Å². The van der Waals surface area contributed by atoms with Crippen LogP contribution in [0.15, 0.2) is 49.1 Å². The lowest BCUT2D eigenvalue weighted by Crippen LogP contribution is -2.12. The predicted octanol–water partition coefficient (Wildman–Crippen LogP) is 2.95. The smallest absolute Gasteiger partial charge is 0.336 e. The van der Waals surface area contributed by atoms with Crippen molar-refractivity contribution in [1.82, 2.24) is 0 Å². The highest BCUT2D eigenvalue weighted by molar-refractivity contribution is 6.15. The minimum Gasteiger partial charge on any atom is -0.507 e. The van der Waals surface area contributed by atoms with Crippen LogP contribution in [0, 0.1) is 0 Å². The molecule has 0 fully saturated rings. The van der Waals surface area contributed by atoms with E-state index in [1.54, 1.807) is 31.1 Å². The number of carbonyl (C=O) groups is 2. The van der Waals surface area contributed by atoms with E-state index in [0.29, 0.717) is 5.75 Å². The number of hydrogen-bond donors (Lipinski definition) is 2. The number of rotatable bonds is 7. The van der Waals surface area contributed by atoms with Gasteiger partial charge >= 0.3 is 5.97 Å². The Hall–Kier alpha value is -3.28. The topological polar surface area (TPSA) is 87.1 Å². The van der Waals surface area contributed by atoms with Crippen LogP contribution < -0.4 is 9.64 Å². The average molecular weight is 341 g/mol. The standard InChI is InChI=1S/C19H19NO5/c1-4-9-25-13-6-8-14(19(23)24)16(11-13)18(22)15-7-5-12(20(2)3)10-17(15)21/h4-8,10-11,21H,1,9H2,2-3H3,(H,23,24). The van der Waals surface area contributed by atoms with E-state index >= 15 is 0 Å². The zero-order valence-electron chi connectivity index (χ0n) is 14.0. The third-order valence-electron chi connectivity index (χ3n) is 3.58. The van der Waals surface area contributed by atoms with Gasteiger partial charge < -0.3 is 19.8 Å². The molecule has 2 aromatic carbocycles. The Morgan fingerprint density at radius 2 is 1.80 bits per heavy atom. The van der Waals surface area contributed by atoms with Gasteiger partial charge in [-0.15, -0.1) is 0 Å². The largest absolute Gasteiger partial charge is 0.507 e. The molecule has 0 aliphatic heterocycles. The lowest BCUT2D eigenvalue weighted by molar-refractivity contribution is 0.0692. The number of aromatic hydroxyl groups is 1. The van der Waals surface area contributed by atoms with E-state index in [4.69, 9.17) is 4.74 Å². The summed E-state index contributed by atoms with van der Waals surface area (Å²) in [4.78, 5) is 26.0. The number of ether oxygens (including phenoxy) is 1. The minimum absolute atomic E-state index is 0.0222. The van der Waals surface area contributed by atoms with Crippen molar-refractivity contribution in [2.24, 2.45) is 0 Å². The van der Waals surface area contributed by atoms with Gasteiger partial charge in [-0.1, -0.05) is 12.7 Å². The second-order valence-corrected chi connectivity index (χ2v) is 5.54. The molecule has 0 unspecified atom stereocenters. The number of benzene rings is 2. The van der Waals surface area contributed by atoms with E-state index in [2.05, 4.69) is 6.58 Å². The van der Waals surface area contributed by atoms with Crippen LogP contribution in [0.2, 0.25) is 0 Å². The Balaban J connectivity index is 2.49. The van der Waals surface area contributed by atoms with Crippen molar-refractivity contribution in [3.63, 3.8) is 0 Å². The molecule has 0 aliphatic rings. The number of phenolic OH excluding ortho intramolecular Hbond substituents is 1. The van der Waals surface area contributed by atoms with Crippen LogP contribution >= 0.6 is 0 Å². The van der Waals surface area contributed by atoms with E-state index in [1.807, 2.05) is 0 Å². The number of carboxylic acids is 1. The van der Waals surface area contributed by atoms with Crippen LogP contribution in [0.1, 0.15) is 26.3 Å². The molecular weight excluding hydrogens is 322 g/mol. The van der Waals surface area contributed by atoms with Gasteiger partial charge in [0.05, 0.1) is 11.1 Å². The van der Waals surface area contributed by atoms with Crippen LogP contribution in [0.4, 0.5) is 5.69 Å². The molecule has 0 aliphatic carbocycles. The third kappa shape index (κ3) is 3.98. The zero-order chi connectivity index (χ0) is 18.6. The van der Waals surface area contributed by atoms with E-state index in [9.17, 15) is 19.8 Å². The fourth-order valence-electron chi connectivity index (χ4n) is 2.28. The fraction of sp³-hybridized carbons (Fsp3) is 0.158. The lowest BCUT2D eigenvalue weighted by Gasteiger charge is -2.14. The van der Waals surface area contributed by atoms with Gasteiger partial charge in [0, 0.05) is 31.4 Å². The fourth-order valence-corrected chi connectivity index (χ4v) is 2.28. The van der Waals surface area contributed by atoms with E-state index in [-0.39, 0.29) is 29.0 Å². The molecule has 0 atom stereocenters. The van der Waals surface area contributed by atoms with Crippen LogP contribution in [0.5, 0.6) is 11.5 Å². The first-order chi connectivity index (χ1) is 11.8. The van der Waals surface area contributed by atoms with Gasteiger partial charge in [-0.2, -0.15) is 0 Å². The molecule has 0 aromatic heterocycles. The summed E-state index contributed by atoms with van der Waals surface area (Å²) in [6.07, 6.45) is 1.54. The second kappa shape index (κ2) is 7.53. The van der Waals surface area contributed by atoms with Crippen molar-refractivity contribution in [3.05, 3.63) is 65.7 Å². The Labute approximate surface area is 145 Å². The molecule has 0 radical (unpaired) electrons. The number of nitrogens with zero attached hydrogens (tertiary/aromatic N) is 1. The number of carbonyl (C=O) groups excluding carboxylic acids is 1. The molecule has 0 amide bonds. The Morgan fingerprint density at radius 3 is 2.36 bits per heavy atom. The van der Waals surface area contributed by atoms with Gasteiger partial charge in [0.1, 0.15) is 18.1 Å². The van der Waals surface area contributed by atoms with Crippen molar-refractivity contribution in [2.75, 3.05) is 25.6 Å². The van der Waals surface area contributed by atoms with E-state index < -0.39 is 11.8 Å². The first-order valence-electron chi connectivity index (χ1n) is 7.51. The maximum atomic E-state index is 12.8. The molecular formula is C19H19NO5. The van der Waals surface area contributed by atoms with Gasteiger partial charge in [0.25, 0.3) is 0 Å². The lowest BCUT2D eigenvalue weighted by atomic mass is 9.97. The highest BCUT2D eigenvalue weighted by Crippen LogP contribution is 2.28. The number of anilines is 1. The number of phenols is 1. The first kappa shape index (κ1) is 18.1. The number of carboxylic acid groups (broad SMARTS) is 1. The van der Waals surface area contributed by atoms with Crippen molar-refractivity contribution in [1.29, 1.82) is 0 Å². The number of ketones is 1. The van der Waals surface area contributed by atoms with Crippen molar-refractivity contribution < 1.29 is 24.5 Å². The predicted molar refractivity (Wildman–Crippen MR) is 95.0 cm³/mol. The molecule has 25 heavy (non-hydrogen) atoms. The highest BCUT2D eigenvalue weighted by Gasteiger charge is 2.21. The van der Waals surface area contributed by atoms with Crippen LogP contribution in [0.3, 0.4) is 0 Å². The van der Waals surface area contributed by atoms with E-state index in [1.165, 1.54) is 30.3 Å². The molecule has 0 bridgehead atoms. The Morgan fingerprint density at radius 1 is 1.12 bits per heavy atom. The van der Waals surface area contributed by atoms with E-state index in [0.717, 1.165) is 5.69 Å². The quantitative estimate of drug-likeness (QED) is 0.595. The molecule has 6 nitrogen and oxygen atoms in total. The second-order valence-electron chi connectivity index (χ2n) is 5.54. The number of hydrogen-bond acceptors (Lipinski definition) is 5. The summed E-state index contributed by atoms with van der Waals surface area (Å²) in [6.45, 7) is 3.76. The first-order valence-corrected chi connectivity index (χ1v) is 7.51. The summed E-state index contributed by atoms with van der Waals surface area (Å²) in [5.41, 5.74) is 0.526. The summed E-state index contributed by atoms with van der Waals surface area (Å²) in [6, 6.07) is 8.72. The molecule has 2 rings (SSSR count). The molecule has 0 heterocycles. The number of aromatic carboxylic acids is 1. The van der Waals surface area contributed by atoms with Gasteiger partial charge in [-0.25, -0.2) is 4.79 Å². The SMILES string of the molecule is C=CCOc1ccc(C(=O)O)c(C(=O)c2ccc(N(C)C)cc2O)c1. The summed E-state index contributed by atoms with van der Waals surface area (Å²) in [5, 5.41) is 19.5. The Bertz CT molecular complexity index is 827. The summed E-state index contributed by atoms with van der Waals surface area (Å²) < 4.78 is 5.37. The molecule has 0 saturated heterocycles. The molecule has 0 saturated carbocycles. The van der Waals surface area contributed by atoms with Gasteiger partial charge in [0.2, 0.25) is 0 Å². The van der Waals surface area contributed by atoms with Crippen LogP contribution in [-0.2, 0) is 0 Å². The summed E-state index contributed by atoms with van der Waals surface area (Å²) in [5.74, 6) is -1.70. The van der Waals surface area contributed by atoms with Crippen LogP contribution in [-0.4, -0.2) is 42.7 Å². The summed E-state index contributed by atoms with van der Waals surface area (Å²) in [7, 11) is 3.61. The van der Waals surface area contributed by atoms with Gasteiger partial charge in [0.15, 0.2) is 5.78 Å². The molecule has 2 N–H and O–H groups in total. The highest BCUT2D eigenvalue weighted by atomic mass is 16.5. The van der Waals surface area contributed by atoms with Crippen molar-refractivity contribution in [3.8, 4) is 11.5 Å². The summed E-state index contributed by atoms with van der Waals surface area (Å²) >= 11 is 0. The molecule has 130 valence electrons. The minimum atomic E-state index is -1.23. The molecule has 0 spiro atoms. The maximum Gasteiger partial charge on any atom is 0.336 e. The maximum absolute atomic E-state index is 12.8. The molecule has 2 aromatic rings. The normalized spacial score (nSPS) is 10.2. The third-order valence-corrected chi connectivity index (χ3v) is 3.58. The van der Waals surface area contributed by atoms with Gasteiger partial charge in [-0.05, 0) is 30.3 Å². The molecule has 6 heteroatoms. The average Bonchev–Trinajstić information content (AvgIpc) is 2.58. The monoisotopic (exact) mass is 341 g/mol. The Kier molecular flexibility index (Phi) is 5.44. The van der Waals surface area contributed by atoms with Gasteiger partial charge in [-0.3, -0.25) is 4.79 Å². The van der Waals surface area contributed by atoms with Crippen molar-refractivity contribution in [2.45, 2.75) is 0 Å².